The van der Waals surface area contributed by atoms with E-state index in [1.54, 1.807) is 0 Å². The highest BCUT2D eigenvalue weighted by atomic mass is 16.5. The first-order chi connectivity index (χ1) is 6.95. The molecule has 1 aromatic rings. The van der Waals surface area contributed by atoms with Crippen LogP contribution in [0.15, 0.2) is 42.5 Å². The Labute approximate surface area is 84.4 Å². The van der Waals surface area contributed by atoms with Crippen molar-refractivity contribution in [2.24, 2.45) is 5.92 Å². The van der Waals surface area contributed by atoms with Crippen LogP contribution in [0.3, 0.4) is 0 Å². The summed E-state index contributed by atoms with van der Waals surface area (Å²) in [4.78, 5) is 0. The average molecular weight is 186 g/mol. The van der Waals surface area contributed by atoms with Crippen LogP contribution in [-0.2, 0) is 4.74 Å². The van der Waals surface area contributed by atoms with Crippen LogP contribution in [0, 0.1) is 5.92 Å². The average Bonchev–Trinajstić information content (AvgIpc) is 2.79. The highest BCUT2D eigenvalue weighted by molar-refractivity contribution is 5.25. The molecule has 0 unspecified atom stereocenters. The third-order valence-corrected chi connectivity index (χ3v) is 3.34. The predicted molar refractivity (Wildman–Crippen MR) is 56.2 cm³/mol. The van der Waals surface area contributed by atoms with Crippen molar-refractivity contribution >= 4 is 0 Å². The number of ether oxygens (including phenoxy) is 1. The summed E-state index contributed by atoms with van der Waals surface area (Å²) in [5, 5.41) is 0. The first kappa shape index (κ1) is 8.25. The Balaban J connectivity index is 1.90. The Morgan fingerprint density at radius 2 is 2.00 bits per heavy atom. The summed E-state index contributed by atoms with van der Waals surface area (Å²) >= 11 is 0. The largest absolute Gasteiger partial charge is 0.377 e. The van der Waals surface area contributed by atoms with Crippen LogP contribution >= 0.6 is 0 Å². The number of fused-ring (bicyclic) bond motifs is 1. The van der Waals surface area contributed by atoms with E-state index in [0.29, 0.717) is 17.9 Å². The van der Waals surface area contributed by atoms with Gasteiger partial charge in [0.25, 0.3) is 0 Å². The molecule has 1 heterocycles. The lowest BCUT2D eigenvalue weighted by molar-refractivity contribution is 0.106. The van der Waals surface area contributed by atoms with Crippen molar-refractivity contribution in [2.75, 3.05) is 6.61 Å². The van der Waals surface area contributed by atoms with E-state index in [-0.39, 0.29) is 0 Å². The van der Waals surface area contributed by atoms with Gasteiger partial charge in [-0.25, -0.2) is 0 Å². The Morgan fingerprint density at radius 1 is 1.14 bits per heavy atom. The predicted octanol–water partition coefficient (Wildman–Crippen LogP) is 2.75. The van der Waals surface area contributed by atoms with E-state index in [2.05, 4.69) is 42.5 Å². The molecule has 0 radical (unpaired) electrons. The lowest BCUT2D eigenvalue weighted by Crippen LogP contribution is -2.12. The van der Waals surface area contributed by atoms with Crippen LogP contribution in [0.4, 0.5) is 0 Å². The van der Waals surface area contributed by atoms with Gasteiger partial charge < -0.3 is 4.74 Å². The van der Waals surface area contributed by atoms with Crippen molar-refractivity contribution in [2.45, 2.75) is 18.4 Å². The molecule has 1 aromatic carbocycles. The molecule has 14 heavy (non-hydrogen) atoms. The molecule has 0 saturated carbocycles. The molecule has 1 nitrogen and oxygen atoms in total. The van der Waals surface area contributed by atoms with Gasteiger partial charge >= 0.3 is 0 Å². The van der Waals surface area contributed by atoms with Crippen molar-refractivity contribution < 1.29 is 4.74 Å². The fourth-order valence-electron chi connectivity index (χ4n) is 2.58. The highest BCUT2D eigenvalue weighted by Gasteiger charge is 2.37. The first-order valence-corrected chi connectivity index (χ1v) is 5.28. The van der Waals surface area contributed by atoms with Crippen molar-refractivity contribution in [1.82, 2.24) is 0 Å². The summed E-state index contributed by atoms with van der Waals surface area (Å²) < 4.78 is 5.78. The van der Waals surface area contributed by atoms with Crippen molar-refractivity contribution in [1.29, 1.82) is 0 Å². The van der Waals surface area contributed by atoms with Gasteiger partial charge in [-0.2, -0.15) is 0 Å². The number of hydrogen-bond acceptors (Lipinski definition) is 1. The Hall–Kier alpha value is -1.08. The quantitative estimate of drug-likeness (QED) is 0.613. The molecule has 1 aliphatic carbocycles. The Kier molecular flexibility index (Phi) is 1.91. The summed E-state index contributed by atoms with van der Waals surface area (Å²) in [7, 11) is 0. The van der Waals surface area contributed by atoms with Gasteiger partial charge in [0, 0.05) is 11.8 Å². The molecule has 3 rings (SSSR count). The van der Waals surface area contributed by atoms with Gasteiger partial charge in [0.1, 0.15) is 0 Å². The second-order valence-electron chi connectivity index (χ2n) is 4.13. The molecule has 0 spiro atoms. The second kappa shape index (κ2) is 3.25. The van der Waals surface area contributed by atoms with Crippen molar-refractivity contribution in [3.05, 3.63) is 48.0 Å². The lowest BCUT2D eigenvalue weighted by Gasteiger charge is -2.14. The van der Waals surface area contributed by atoms with Crippen LogP contribution in [0.2, 0.25) is 0 Å². The van der Waals surface area contributed by atoms with E-state index in [1.807, 2.05) is 0 Å². The molecule has 0 aromatic heterocycles. The lowest BCUT2D eigenvalue weighted by atomic mass is 9.87. The molecule has 0 bridgehead atoms. The molecule has 1 saturated heterocycles. The SMILES string of the molecule is C1=C[C@@H]2[C@H](C1)OC[C@H]2c1ccccc1. The molecule has 1 fully saturated rings. The fourth-order valence-corrected chi connectivity index (χ4v) is 2.58. The van der Waals surface area contributed by atoms with Crippen molar-refractivity contribution in [3.8, 4) is 0 Å². The molecular weight excluding hydrogens is 172 g/mol. The van der Waals surface area contributed by atoms with Crippen LogP contribution in [-0.4, -0.2) is 12.7 Å². The monoisotopic (exact) mass is 186 g/mol. The fraction of sp³-hybridized carbons (Fsp3) is 0.385. The zero-order valence-electron chi connectivity index (χ0n) is 8.10. The van der Waals surface area contributed by atoms with Gasteiger partial charge in [-0.3, -0.25) is 0 Å². The Morgan fingerprint density at radius 3 is 2.86 bits per heavy atom. The van der Waals surface area contributed by atoms with Crippen LogP contribution in [0.1, 0.15) is 17.9 Å². The van der Waals surface area contributed by atoms with Gasteiger partial charge in [0.15, 0.2) is 0 Å². The molecule has 72 valence electrons. The summed E-state index contributed by atoms with van der Waals surface area (Å²) in [6, 6.07) is 10.7. The zero-order chi connectivity index (χ0) is 9.38. The normalized spacial score (nSPS) is 34.7. The van der Waals surface area contributed by atoms with Crippen LogP contribution in [0.5, 0.6) is 0 Å². The molecule has 2 aliphatic rings. The topological polar surface area (TPSA) is 9.23 Å². The minimum absolute atomic E-state index is 0.459. The van der Waals surface area contributed by atoms with Gasteiger partial charge in [-0.1, -0.05) is 42.5 Å². The molecule has 0 amide bonds. The van der Waals surface area contributed by atoms with Gasteiger partial charge in [-0.15, -0.1) is 0 Å². The minimum Gasteiger partial charge on any atom is -0.377 e. The molecule has 1 heteroatoms. The van der Waals surface area contributed by atoms with Gasteiger partial charge in [0.05, 0.1) is 12.7 Å². The maximum atomic E-state index is 5.78. The first-order valence-electron chi connectivity index (χ1n) is 5.28. The van der Waals surface area contributed by atoms with E-state index in [4.69, 9.17) is 4.74 Å². The van der Waals surface area contributed by atoms with Crippen LogP contribution in [0.25, 0.3) is 0 Å². The maximum absolute atomic E-state index is 5.78. The van der Waals surface area contributed by atoms with Gasteiger partial charge in [0.2, 0.25) is 0 Å². The molecule has 0 N–H and O–H groups in total. The molecule has 3 atom stereocenters. The summed E-state index contributed by atoms with van der Waals surface area (Å²) in [5.74, 6) is 1.21. The summed E-state index contributed by atoms with van der Waals surface area (Å²) in [6.45, 7) is 0.893. The van der Waals surface area contributed by atoms with E-state index in [9.17, 15) is 0 Å². The number of hydrogen-bond donors (Lipinski definition) is 0. The molecular formula is C13H14O. The highest BCUT2D eigenvalue weighted by Crippen LogP contribution is 2.40. The van der Waals surface area contributed by atoms with E-state index in [1.165, 1.54) is 5.56 Å². The minimum atomic E-state index is 0.459. The van der Waals surface area contributed by atoms with E-state index < -0.39 is 0 Å². The van der Waals surface area contributed by atoms with Crippen molar-refractivity contribution in [3.63, 3.8) is 0 Å². The number of rotatable bonds is 1. The number of benzene rings is 1. The van der Waals surface area contributed by atoms with E-state index in [0.717, 1.165) is 13.0 Å². The van der Waals surface area contributed by atoms with Gasteiger partial charge in [-0.05, 0) is 12.0 Å². The summed E-state index contributed by atoms with van der Waals surface area (Å²) in [5.41, 5.74) is 1.42. The smallest absolute Gasteiger partial charge is 0.0679 e. The Bertz CT molecular complexity index is 342. The third-order valence-electron chi connectivity index (χ3n) is 3.34. The second-order valence-corrected chi connectivity index (χ2v) is 4.13. The summed E-state index contributed by atoms with van der Waals surface area (Å²) in [6.07, 6.45) is 6.15. The standard InChI is InChI=1S/C13H14O/c1-2-5-10(6-3-1)12-9-14-13-8-4-7-11(12)13/h1-7,11-13H,8-9H2/t11-,12-,13-/m0/s1. The third kappa shape index (κ3) is 1.20. The van der Waals surface area contributed by atoms with Crippen LogP contribution < -0.4 is 0 Å². The maximum Gasteiger partial charge on any atom is 0.0679 e. The van der Waals surface area contributed by atoms with E-state index >= 15 is 0 Å². The zero-order valence-corrected chi connectivity index (χ0v) is 8.10. The molecule has 1 aliphatic heterocycles.